The van der Waals surface area contributed by atoms with E-state index in [0.29, 0.717) is 13.2 Å². The molecule has 1 rings (SSSR count). The molecule has 1 atom stereocenters. The minimum absolute atomic E-state index is 0.106. The van der Waals surface area contributed by atoms with Crippen molar-refractivity contribution in [2.24, 2.45) is 0 Å². The van der Waals surface area contributed by atoms with Gasteiger partial charge in [0.2, 0.25) is 0 Å². The number of esters is 1. The van der Waals surface area contributed by atoms with Gasteiger partial charge in [0.05, 0.1) is 25.7 Å². The first kappa shape index (κ1) is 13.5. The molecule has 0 bridgehead atoms. The lowest BCUT2D eigenvalue weighted by Crippen LogP contribution is -2.09. The fourth-order valence-corrected chi connectivity index (χ4v) is 1.39. The van der Waals surface area contributed by atoms with Crippen LogP contribution in [-0.2, 0) is 14.3 Å². The minimum atomic E-state index is -0.245. The molecule has 0 radical (unpaired) electrons. The van der Waals surface area contributed by atoms with Crippen LogP contribution in [0.1, 0.15) is 31.9 Å². The predicted molar refractivity (Wildman–Crippen MR) is 63.7 cm³/mol. The van der Waals surface area contributed by atoms with E-state index in [1.54, 1.807) is 31.2 Å². The Balaban J connectivity index is 2.32. The molecular formula is C13H18O4. The third-order valence-electron chi connectivity index (χ3n) is 2.34. The molecular weight excluding hydrogens is 220 g/mol. The summed E-state index contributed by atoms with van der Waals surface area (Å²) in [6, 6.07) is 6.82. The summed E-state index contributed by atoms with van der Waals surface area (Å²) < 4.78 is 10.3. The molecule has 0 unspecified atom stereocenters. The molecule has 0 heterocycles. The summed E-state index contributed by atoms with van der Waals surface area (Å²) in [5.41, 5.74) is 0.964. The molecule has 1 aromatic carbocycles. The van der Waals surface area contributed by atoms with Crippen LogP contribution in [0.4, 0.5) is 0 Å². The molecule has 1 aromatic rings. The van der Waals surface area contributed by atoms with Gasteiger partial charge in [-0.2, -0.15) is 0 Å². The van der Waals surface area contributed by atoms with Crippen molar-refractivity contribution < 1.29 is 19.4 Å². The topological polar surface area (TPSA) is 55.8 Å². The Kier molecular flexibility index (Phi) is 5.49. The summed E-state index contributed by atoms with van der Waals surface area (Å²) in [6.07, 6.45) is 0.154. The molecule has 4 nitrogen and oxygen atoms in total. The van der Waals surface area contributed by atoms with Crippen molar-refractivity contribution in [2.45, 2.75) is 26.4 Å². The van der Waals surface area contributed by atoms with Gasteiger partial charge in [-0.15, -0.1) is 0 Å². The Bertz CT molecular complexity index is 345. The monoisotopic (exact) mass is 238 g/mol. The van der Waals surface area contributed by atoms with Gasteiger partial charge in [0.1, 0.15) is 5.75 Å². The first-order valence-corrected chi connectivity index (χ1v) is 5.69. The lowest BCUT2D eigenvalue weighted by Gasteiger charge is -2.13. The predicted octanol–water partition coefficient (Wildman–Crippen LogP) is 2.42. The van der Waals surface area contributed by atoms with E-state index in [9.17, 15) is 4.79 Å². The Morgan fingerprint density at radius 1 is 1.35 bits per heavy atom. The van der Waals surface area contributed by atoms with Gasteiger partial charge < -0.3 is 14.6 Å². The van der Waals surface area contributed by atoms with Gasteiger partial charge in [-0.3, -0.25) is 4.79 Å². The van der Waals surface area contributed by atoms with Crippen molar-refractivity contribution in [3.8, 4) is 5.75 Å². The van der Waals surface area contributed by atoms with Gasteiger partial charge in [-0.1, -0.05) is 12.1 Å². The average molecular weight is 238 g/mol. The second kappa shape index (κ2) is 6.91. The van der Waals surface area contributed by atoms with E-state index >= 15 is 0 Å². The van der Waals surface area contributed by atoms with Crippen LogP contribution in [-0.4, -0.2) is 24.3 Å². The second-order valence-corrected chi connectivity index (χ2v) is 3.66. The maximum Gasteiger partial charge on any atom is 0.308 e. The number of hydrogen-bond donors (Lipinski definition) is 1. The molecule has 0 aromatic heterocycles. The van der Waals surface area contributed by atoms with Crippen LogP contribution in [0.2, 0.25) is 0 Å². The highest BCUT2D eigenvalue weighted by Crippen LogP contribution is 2.19. The molecule has 1 N–H and O–H groups in total. The zero-order valence-electron chi connectivity index (χ0n) is 10.2. The minimum Gasteiger partial charge on any atom is -0.508 e. The first-order chi connectivity index (χ1) is 8.13. The number of benzene rings is 1. The van der Waals surface area contributed by atoms with E-state index in [2.05, 4.69) is 0 Å². The number of aromatic hydroxyl groups is 1. The van der Waals surface area contributed by atoms with Crippen LogP contribution >= 0.6 is 0 Å². The highest BCUT2D eigenvalue weighted by atomic mass is 16.5. The largest absolute Gasteiger partial charge is 0.508 e. The normalized spacial score (nSPS) is 12.1. The Morgan fingerprint density at radius 3 is 2.59 bits per heavy atom. The highest BCUT2D eigenvalue weighted by Gasteiger charge is 2.07. The molecule has 0 fully saturated rings. The van der Waals surface area contributed by atoms with Gasteiger partial charge in [-0.25, -0.2) is 0 Å². The fourth-order valence-electron chi connectivity index (χ4n) is 1.39. The van der Waals surface area contributed by atoms with Crippen LogP contribution in [0.3, 0.4) is 0 Å². The quantitative estimate of drug-likeness (QED) is 0.773. The van der Waals surface area contributed by atoms with Gasteiger partial charge in [-0.05, 0) is 31.5 Å². The third-order valence-corrected chi connectivity index (χ3v) is 2.34. The van der Waals surface area contributed by atoms with Crippen LogP contribution in [0, 0.1) is 0 Å². The maximum atomic E-state index is 11.1. The molecule has 0 saturated carbocycles. The molecule has 0 amide bonds. The summed E-state index contributed by atoms with van der Waals surface area (Å²) in [6.45, 7) is 4.41. The van der Waals surface area contributed by atoms with Crippen molar-refractivity contribution in [1.82, 2.24) is 0 Å². The summed E-state index contributed by atoms with van der Waals surface area (Å²) in [4.78, 5) is 11.1. The van der Waals surface area contributed by atoms with Crippen molar-refractivity contribution in [3.05, 3.63) is 29.8 Å². The lowest BCUT2D eigenvalue weighted by atomic mass is 10.1. The molecule has 94 valence electrons. The van der Waals surface area contributed by atoms with Gasteiger partial charge in [0.15, 0.2) is 0 Å². The third kappa shape index (κ3) is 4.87. The molecule has 0 aliphatic rings. The van der Waals surface area contributed by atoms with Crippen molar-refractivity contribution in [2.75, 3.05) is 13.2 Å². The molecule has 0 aliphatic heterocycles. The van der Waals surface area contributed by atoms with Crippen LogP contribution in [0.5, 0.6) is 5.75 Å². The van der Waals surface area contributed by atoms with E-state index in [0.717, 1.165) is 5.56 Å². The smallest absolute Gasteiger partial charge is 0.308 e. The molecule has 0 saturated heterocycles. The van der Waals surface area contributed by atoms with E-state index < -0.39 is 0 Å². The molecule has 17 heavy (non-hydrogen) atoms. The fraction of sp³-hybridized carbons (Fsp3) is 0.462. The number of hydrogen-bond acceptors (Lipinski definition) is 4. The van der Waals surface area contributed by atoms with Crippen molar-refractivity contribution in [1.29, 1.82) is 0 Å². The number of carbonyl (C=O) groups excluding carboxylic acids is 1. The van der Waals surface area contributed by atoms with E-state index in [1.165, 1.54) is 0 Å². The SMILES string of the molecule is CCOC(=O)CCO[C@@H](C)c1ccc(O)cc1. The Morgan fingerprint density at radius 2 is 2.00 bits per heavy atom. The number of phenolic OH excluding ortho intramolecular Hbond substituents is 1. The van der Waals surface area contributed by atoms with Crippen LogP contribution in [0.15, 0.2) is 24.3 Å². The molecule has 0 spiro atoms. The van der Waals surface area contributed by atoms with Crippen molar-refractivity contribution in [3.63, 3.8) is 0 Å². The number of rotatable bonds is 6. The van der Waals surface area contributed by atoms with Gasteiger partial charge in [0.25, 0.3) is 0 Å². The average Bonchev–Trinajstić information content (AvgIpc) is 2.30. The summed E-state index contributed by atoms with van der Waals surface area (Å²) >= 11 is 0. The Labute approximate surface area is 101 Å². The standard InChI is InChI=1S/C13H18O4/c1-3-16-13(15)8-9-17-10(2)11-4-6-12(14)7-5-11/h4-7,10,14H,3,8-9H2,1-2H3/t10-/m0/s1. The number of ether oxygens (including phenoxy) is 2. The zero-order chi connectivity index (χ0) is 12.7. The molecule has 4 heteroatoms. The number of phenols is 1. The van der Waals surface area contributed by atoms with E-state index in [4.69, 9.17) is 14.6 Å². The number of carbonyl (C=O) groups is 1. The second-order valence-electron chi connectivity index (χ2n) is 3.66. The van der Waals surface area contributed by atoms with Gasteiger partial charge in [0, 0.05) is 0 Å². The first-order valence-electron chi connectivity index (χ1n) is 5.69. The van der Waals surface area contributed by atoms with E-state index in [-0.39, 0.29) is 24.2 Å². The van der Waals surface area contributed by atoms with Gasteiger partial charge >= 0.3 is 5.97 Å². The van der Waals surface area contributed by atoms with Crippen LogP contribution < -0.4 is 0 Å². The zero-order valence-corrected chi connectivity index (χ0v) is 10.2. The lowest BCUT2D eigenvalue weighted by molar-refractivity contribution is -0.144. The van der Waals surface area contributed by atoms with Crippen LogP contribution in [0.25, 0.3) is 0 Å². The molecule has 0 aliphatic carbocycles. The van der Waals surface area contributed by atoms with Crippen molar-refractivity contribution >= 4 is 5.97 Å². The highest BCUT2D eigenvalue weighted by molar-refractivity contribution is 5.69. The summed E-state index contributed by atoms with van der Waals surface area (Å²) in [5.74, 6) is -0.0159. The summed E-state index contributed by atoms with van der Waals surface area (Å²) in [7, 11) is 0. The van der Waals surface area contributed by atoms with E-state index in [1.807, 2.05) is 6.92 Å². The summed E-state index contributed by atoms with van der Waals surface area (Å²) in [5, 5.41) is 9.14. The maximum absolute atomic E-state index is 11.1. The Hall–Kier alpha value is -1.55.